The molecule has 0 saturated carbocycles. The van der Waals surface area contributed by atoms with Crippen molar-refractivity contribution in [2.75, 3.05) is 0 Å². The van der Waals surface area contributed by atoms with E-state index < -0.39 is 39.8 Å². The maximum absolute atomic E-state index is 13.7. The van der Waals surface area contributed by atoms with Crippen LogP contribution >= 0.6 is 11.6 Å². The maximum Gasteiger partial charge on any atom is 0.417 e. The molecule has 0 fully saturated rings. The van der Waals surface area contributed by atoms with Crippen LogP contribution < -0.4 is 0 Å². The highest BCUT2D eigenvalue weighted by Gasteiger charge is 2.37. The van der Waals surface area contributed by atoms with E-state index in [0.29, 0.717) is 35.9 Å². The number of rotatable bonds is 4. The number of hydrogen-bond acceptors (Lipinski definition) is 5. The predicted octanol–water partition coefficient (Wildman–Crippen LogP) is 6.62. The van der Waals surface area contributed by atoms with Crippen molar-refractivity contribution in [1.29, 1.82) is 0 Å². The van der Waals surface area contributed by atoms with Crippen LogP contribution in [0.3, 0.4) is 0 Å². The summed E-state index contributed by atoms with van der Waals surface area (Å²) < 4.78 is 47.4. The lowest BCUT2D eigenvalue weighted by Crippen LogP contribution is -2.29. The van der Waals surface area contributed by atoms with Crippen molar-refractivity contribution in [3.8, 4) is 0 Å². The van der Waals surface area contributed by atoms with Crippen molar-refractivity contribution >= 4 is 45.9 Å². The molecule has 0 spiro atoms. The second-order valence-corrected chi connectivity index (χ2v) is 10.4. The van der Waals surface area contributed by atoms with Gasteiger partial charge in [-0.15, -0.1) is 0 Å². The lowest BCUT2D eigenvalue weighted by atomic mass is 9.87. The minimum absolute atomic E-state index is 0.0214. The quantitative estimate of drug-likeness (QED) is 0.368. The van der Waals surface area contributed by atoms with Gasteiger partial charge in [0.05, 0.1) is 38.8 Å². The number of fused-ring (bicyclic) bond motifs is 1. The summed E-state index contributed by atoms with van der Waals surface area (Å²) in [6.45, 7) is 5.33. The largest absolute Gasteiger partial charge is 0.478 e. The molecule has 0 saturated heterocycles. The molecular formula is C27H24ClF3N2O5. The number of aromatic carboxylic acids is 1. The summed E-state index contributed by atoms with van der Waals surface area (Å²) in [7, 11) is 0. The number of halogens is 4. The van der Waals surface area contributed by atoms with Crippen LogP contribution in [0.2, 0.25) is 5.02 Å². The van der Waals surface area contributed by atoms with E-state index in [0.717, 1.165) is 16.8 Å². The van der Waals surface area contributed by atoms with Gasteiger partial charge in [0.25, 0.3) is 5.91 Å². The topological polar surface area (TPSA) is 98.5 Å². The second-order valence-electron chi connectivity index (χ2n) is 10.00. The molecule has 1 aromatic heterocycles. The second kappa shape index (κ2) is 9.90. The third-order valence-corrected chi connectivity index (χ3v) is 6.42. The standard InChI is InChI=1S/C27H24ClF3N2O5/c1-26(2,3)38-25(37)15-9-7-14(8-10-15)22-17-12-11-16(24(35)36)13-20(17)33(32-22)23(34)21-18(27(29,30)31)5-4-6-19(21)28/h4-7,11-13,15H,8-10H2,1-3H3,(H,35,36). The summed E-state index contributed by atoms with van der Waals surface area (Å²) in [6, 6.07) is 6.97. The number of carbonyl (C=O) groups excluding carboxylic acids is 2. The van der Waals surface area contributed by atoms with Crippen molar-refractivity contribution in [2.45, 2.75) is 51.8 Å². The van der Waals surface area contributed by atoms with Gasteiger partial charge >= 0.3 is 18.1 Å². The van der Waals surface area contributed by atoms with Gasteiger partial charge in [-0.3, -0.25) is 9.59 Å². The van der Waals surface area contributed by atoms with Crippen LogP contribution in [0.4, 0.5) is 13.2 Å². The fourth-order valence-electron chi connectivity index (χ4n) is 4.37. The number of aromatic nitrogens is 2. The third-order valence-electron chi connectivity index (χ3n) is 6.11. The number of allylic oxidation sites excluding steroid dienone is 2. The van der Waals surface area contributed by atoms with Crippen molar-refractivity contribution in [2.24, 2.45) is 5.92 Å². The van der Waals surface area contributed by atoms with E-state index in [-0.39, 0.29) is 23.0 Å². The van der Waals surface area contributed by atoms with Crippen LogP contribution in [0.5, 0.6) is 0 Å². The van der Waals surface area contributed by atoms with E-state index in [1.807, 2.05) is 0 Å². The molecule has 1 atom stereocenters. The zero-order chi connectivity index (χ0) is 28.0. The normalized spacial score (nSPS) is 16.3. The number of alkyl halides is 3. The Morgan fingerprint density at radius 1 is 1.13 bits per heavy atom. The SMILES string of the molecule is CC(C)(C)OC(=O)C1CC=C(c2nn(C(=O)c3c(Cl)cccc3C(F)(F)F)c3cc(C(=O)O)ccc23)CC1. The van der Waals surface area contributed by atoms with Gasteiger partial charge in [-0.1, -0.05) is 23.7 Å². The molecule has 0 aliphatic heterocycles. The van der Waals surface area contributed by atoms with Crippen LogP contribution in [0, 0.1) is 5.92 Å². The molecule has 0 radical (unpaired) electrons. The zero-order valence-electron chi connectivity index (χ0n) is 20.7. The Bertz CT molecular complexity index is 1480. The lowest BCUT2D eigenvalue weighted by molar-refractivity contribution is -0.160. The summed E-state index contributed by atoms with van der Waals surface area (Å²) >= 11 is 6.05. The molecule has 1 aliphatic carbocycles. The first-order valence-electron chi connectivity index (χ1n) is 11.8. The average Bonchev–Trinajstić information content (AvgIpc) is 3.21. The highest BCUT2D eigenvalue weighted by molar-refractivity contribution is 6.34. The molecular weight excluding hydrogens is 525 g/mol. The fourth-order valence-corrected chi connectivity index (χ4v) is 4.63. The van der Waals surface area contributed by atoms with Crippen LogP contribution in [-0.4, -0.2) is 38.3 Å². The molecule has 0 amide bonds. The number of nitrogens with zero attached hydrogens (tertiary/aromatic N) is 2. The average molecular weight is 549 g/mol. The molecule has 1 unspecified atom stereocenters. The van der Waals surface area contributed by atoms with Gasteiger partial charge in [0, 0.05) is 5.39 Å². The molecule has 1 aliphatic rings. The Morgan fingerprint density at radius 2 is 1.84 bits per heavy atom. The molecule has 11 heteroatoms. The van der Waals surface area contributed by atoms with Gasteiger partial charge in [-0.2, -0.15) is 23.0 Å². The van der Waals surface area contributed by atoms with Gasteiger partial charge in [-0.25, -0.2) is 4.79 Å². The zero-order valence-corrected chi connectivity index (χ0v) is 21.5. The summed E-state index contributed by atoms with van der Waals surface area (Å²) in [4.78, 5) is 37.6. The van der Waals surface area contributed by atoms with Gasteiger partial charge < -0.3 is 9.84 Å². The van der Waals surface area contributed by atoms with E-state index >= 15 is 0 Å². The van der Waals surface area contributed by atoms with Gasteiger partial charge in [-0.05, 0) is 75.9 Å². The summed E-state index contributed by atoms with van der Waals surface area (Å²) in [6.07, 6.45) is -1.89. The number of benzene rings is 2. The molecule has 3 aromatic rings. The number of hydrogen-bond donors (Lipinski definition) is 1. The lowest BCUT2D eigenvalue weighted by Gasteiger charge is -2.25. The molecule has 38 heavy (non-hydrogen) atoms. The number of esters is 1. The minimum Gasteiger partial charge on any atom is -0.478 e. The van der Waals surface area contributed by atoms with E-state index in [1.54, 1.807) is 26.8 Å². The minimum atomic E-state index is -4.86. The molecule has 0 bridgehead atoms. The molecule has 7 nitrogen and oxygen atoms in total. The molecule has 4 rings (SSSR count). The Hall–Kier alpha value is -3.66. The summed E-state index contributed by atoms with van der Waals surface area (Å²) in [5.74, 6) is -3.13. The smallest absolute Gasteiger partial charge is 0.417 e. The van der Waals surface area contributed by atoms with Crippen molar-refractivity contribution < 1.29 is 37.4 Å². The fraction of sp³-hybridized carbons (Fsp3) is 0.333. The van der Waals surface area contributed by atoms with Crippen molar-refractivity contribution in [3.63, 3.8) is 0 Å². The van der Waals surface area contributed by atoms with Gasteiger partial charge in [0.1, 0.15) is 5.60 Å². The number of carbonyl (C=O) groups is 3. The monoisotopic (exact) mass is 548 g/mol. The Kier molecular flexibility index (Phi) is 7.13. The highest BCUT2D eigenvalue weighted by atomic mass is 35.5. The summed E-state index contributed by atoms with van der Waals surface area (Å²) in [5, 5.41) is 13.8. The van der Waals surface area contributed by atoms with Crippen molar-refractivity contribution in [1.82, 2.24) is 9.78 Å². The summed E-state index contributed by atoms with van der Waals surface area (Å²) in [5.41, 5.74) is -1.81. The first kappa shape index (κ1) is 27.4. The van der Waals surface area contributed by atoms with Crippen LogP contribution in [0.15, 0.2) is 42.5 Å². The Labute approximate surface area is 220 Å². The van der Waals surface area contributed by atoms with E-state index in [9.17, 15) is 32.7 Å². The number of ether oxygens (including phenoxy) is 1. The van der Waals surface area contributed by atoms with Crippen molar-refractivity contribution in [3.05, 3.63) is 69.9 Å². The first-order chi connectivity index (χ1) is 17.7. The third kappa shape index (κ3) is 5.45. The van der Waals surface area contributed by atoms with E-state index in [2.05, 4.69) is 5.10 Å². The molecule has 200 valence electrons. The Morgan fingerprint density at radius 3 is 2.42 bits per heavy atom. The molecule has 1 heterocycles. The van der Waals surface area contributed by atoms with Crippen LogP contribution in [0.25, 0.3) is 16.5 Å². The van der Waals surface area contributed by atoms with Gasteiger partial charge in [0.15, 0.2) is 0 Å². The molecule has 2 aromatic carbocycles. The number of carboxylic acids is 1. The van der Waals surface area contributed by atoms with Crippen LogP contribution in [-0.2, 0) is 15.7 Å². The predicted molar refractivity (Wildman–Crippen MR) is 134 cm³/mol. The van der Waals surface area contributed by atoms with E-state index in [1.165, 1.54) is 24.3 Å². The van der Waals surface area contributed by atoms with Crippen LogP contribution in [0.1, 0.15) is 72.0 Å². The highest BCUT2D eigenvalue weighted by Crippen LogP contribution is 2.38. The molecule has 1 N–H and O–H groups in total. The Balaban J connectivity index is 1.81. The maximum atomic E-state index is 13.7. The number of carboxylic acid groups (broad SMARTS) is 1. The first-order valence-corrected chi connectivity index (χ1v) is 12.1. The van der Waals surface area contributed by atoms with Gasteiger partial charge in [0.2, 0.25) is 0 Å². The van der Waals surface area contributed by atoms with E-state index in [4.69, 9.17) is 16.3 Å².